The Labute approximate surface area is 96.5 Å². The third-order valence-electron chi connectivity index (χ3n) is 1.63. The summed E-state index contributed by atoms with van der Waals surface area (Å²) < 4.78 is 28.5. The largest absolute Gasteiger partial charge is 0.496 e. The first kappa shape index (κ1) is 12.4. The van der Waals surface area contributed by atoms with E-state index in [9.17, 15) is 8.42 Å². The van der Waals surface area contributed by atoms with Gasteiger partial charge >= 0.3 is 0 Å². The van der Waals surface area contributed by atoms with E-state index in [2.05, 4.69) is 20.8 Å². The zero-order valence-electron chi connectivity index (χ0n) is 8.15. The lowest BCUT2D eigenvalue weighted by molar-refractivity contribution is 0.153. The summed E-state index contributed by atoms with van der Waals surface area (Å²) >= 11 is 3.19. The van der Waals surface area contributed by atoms with Crippen molar-refractivity contribution in [2.24, 2.45) is 0 Å². The van der Waals surface area contributed by atoms with Crippen LogP contribution in [0.15, 0.2) is 27.6 Å². The lowest BCUT2D eigenvalue weighted by Gasteiger charge is -2.07. The standard InChI is InChI=1S/C8H10BrNO4S/c1-13-8-4-3-6(5-7(8)9)15(11,12)10-14-2/h3-5,10H,1-2H3. The Morgan fingerprint density at radius 3 is 2.47 bits per heavy atom. The van der Waals surface area contributed by atoms with Gasteiger partial charge < -0.3 is 4.74 Å². The van der Waals surface area contributed by atoms with E-state index in [1.165, 1.54) is 26.4 Å². The molecule has 0 heterocycles. The SMILES string of the molecule is CONS(=O)(=O)c1ccc(OC)c(Br)c1. The minimum atomic E-state index is -3.62. The summed E-state index contributed by atoms with van der Waals surface area (Å²) in [6, 6.07) is 4.40. The Balaban J connectivity index is 3.13. The van der Waals surface area contributed by atoms with Crippen molar-refractivity contribution in [3.05, 3.63) is 22.7 Å². The van der Waals surface area contributed by atoms with E-state index in [-0.39, 0.29) is 4.90 Å². The summed E-state index contributed by atoms with van der Waals surface area (Å²) in [6.07, 6.45) is 0. The number of rotatable bonds is 4. The molecule has 15 heavy (non-hydrogen) atoms. The third-order valence-corrected chi connectivity index (χ3v) is 3.51. The van der Waals surface area contributed by atoms with E-state index < -0.39 is 10.0 Å². The Morgan fingerprint density at radius 1 is 1.33 bits per heavy atom. The third kappa shape index (κ3) is 2.91. The predicted molar refractivity (Wildman–Crippen MR) is 58.0 cm³/mol. The minimum Gasteiger partial charge on any atom is -0.496 e. The second kappa shape index (κ2) is 4.93. The quantitative estimate of drug-likeness (QED) is 0.851. The molecule has 0 aliphatic heterocycles. The van der Waals surface area contributed by atoms with Crippen LogP contribution in [0.2, 0.25) is 0 Å². The summed E-state index contributed by atoms with van der Waals surface area (Å²) in [5.41, 5.74) is 0. The predicted octanol–water partition coefficient (Wildman–Crippen LogP) is 1.30. The normalized spacial score (nSPS) is 11.4. The van der Waals surface area contributed by atoms with Gasteiger partial charge in [0, 0.05) is 0 Å². The minimum absolute atomic E-state index is 0.0945. The average molecular weight is 296 g/mol. The highest BCUT2D eigenvalue weighted by atomic mass is 79.9. The Hall–Kier alpha value is -0.630. The molecule has 5 nitrogen and oxygen atoms in total. The highest BCUT2D eigenvalue weighted by Crippen LogP contribution is 2.27. The first-order valence-electron chi connectivity index (χ1n) is 3.89. The van der Waals surface area contributed by atoms with Gasteiger partial charge in [-0.3, -0.25) is 4.84 Å². The van der Waals surface area contributed by atoms with Crippen LogP contribution in [-0.2, 0) is 14.9 Å². The van der Waals surface area contributed by atoms with Gasteiger partial charge in [0.2, 0.25) is 0 Å². The molecule has 0 aliphatic carbocycles. The van der Waals surface area contributed by atoms with Crippen LogP contribution >= 0.6 is 15.9 Å². The number of benzene rings is 1. The molecular weight excluding hydrogens is 286 g/mol. The number of nitrogens with one attached hydrogen (secondary N) is 1. The average Bonchev–Trinajstić information content (AvgIpc) is 2.17. The van der Waals surface area contributed by atoms with Crippen LogP contribution in [0.5, 0.6) is 5.75 Å². The van der Waals surface area contributed by atoms with Gasteiger partial charge in [0.25, 0.3) is 10.0 Å². The van der Waals surface area contributed by atoms with Gasteiger partial charge in [0.15, 0.2) is 0 Å². The van der Waals surface area contributed by atoms with E-state index in [0.717, 1.165) is 0 Å². The van der Waals surface area contributed by atoms with Crippen molar-refractivity contribution >= 4 is 26.0 Å². The Morgan fingerprint density at radius 2 is 2.00 bits per heavy atom. The van der Waals surface area contributed by atoms with Crippen LogP contribution in [0.3, 0.4) is 0 Å². The van der Waals surface area contributed by atoms with Crippen molar-refractivity contribution in [3.8, 4) is 5.75 Å². The van der Waals surface area contributed by atoms with Gasteiger partial charge in [-0.15, -0.1) is 0 Å². The molecule has 1 N–H and O–H groups in total. The molecule has 1 rings (SSSR count). The second-order valence-electron chi connectivity index (χ2n) is 2.59. The zero-order valence-corrected chi connectivity index (χ0v) is 10.6. The van der Waals surface area contributed by atoms with Crippen molar-refractivity contribution < 1.29 is 18.0 Å². The van der Waals surface area contributed by atoms with Crippen molar-refractivity contribution in [1.29, 1.82) is 0 Å². The number of sulfonamides is 1. The monoisotopic (exact) mass is 295 g/mol. The number of hydrogen-bond acceptors (Lipinski definition) is 4. The molecule has 0 spiro atoms. The van der Waals surface area contributed by atoms with Crippen LogP contribution < -0.4 is 9.62 Å². The first-order chi connectivity index (χ1) is 7.01. The number of hydrogen-bond donors (Lipinski definition) is 1. The molecule has 0 radical (unpaired) electrons. The smallest absolute Gasteiger partial charge is 0.262 e. The first-order valence-corrected chi connectivity index (χ1v) is 6.17. The summed E-state index contributed by atoms with van der Waals surface area (Å²) in [7, 11) is -0.882. The van der Waals surface area contributed by atoms with Gasteiger partial charge in [-0.1, -0.05) is 4.89 Å². The van der Waals surface area contributed by atoms with E-state index >= 15 is 0 Å². The van der Waals surface area contributed by atoms with E-state index in [4.69, 9.17) is 4.74 Å². The lowest BCUT2D eigenvalue weighted by atomic mass is 10.3. The van der Waals surface area contributed by atoms with E-state index in [1.54, 1.807) is 6.07 Å². The summed E-state index contributed by atoms with van der Waals surface area (Å²) in [4.78, 5) is 6.38. The van der Waals surface area contributed by atoms with Crippen molar-refractivity contribution in [1.82, 2.24) is 4.89 Å². The van der Waals surface area contributed by atoms with Gasteiger partial charge in [0.05, 0.1) is 23.6 Å². The maximum absolute atomic E-state index is 11.5. The molecular formula is C8H10BrNO4S. The van der Waals surface area contributed by atoms with Crippen LogP contribution in [-0.4, -0.2) is 22.6 Å². The van der Waals surface area contributed by atoms with Gasteiger partial charge in [-0.2, -0.15) is 0 Å². The Bertz CT molecular complexity index is 446. The molecule has 0 amide bonds. The van der Waals surface area contributed by atoms with Crippen molar-refractivity contribution in [2.75, 3.05) is 14.2 Å². The summed E-state index contributed by atoms with van der Waals surface area (Å²) in [5.74, 6) is 0.561. The fraction of sp³-hybridized carbons (Fsp3) is 0.250. The van der Waals surface area contributed by atoms with Crippen LogP contribution in [0.4, 0.5) is 0 Å². The molecule has 0 aliphatic rings. The lowest BCUT2D eigenvalue weighted by Crippen LogP contribution is -2.22. The molecule has 0 unspecified atom stereocenters. The molecule has 84 valence electrons. The highest BCUT2D eigenvalue weighted by molar-refractivity contribution is 9.10. The second-order valence-corrected chi connectivity index (χ2v) is 5.09. The molecule has 1 aromatic carbocycles. The molecule has 0 fully saturated rings. The molecule has 0 atom stereocenters. The van der Waals surface area contributed by atoms with Crippen LogP contribution in [0.1, 0.15) is 0 Å². The molecule has 1 aromatic rings. The fourth-order valence-electron chi connectivity index (χ4n) is 0.972. The van der Waals surface area contributed by atoms with Gasteiger partial charge in [-0.05, 0) is 34.1 Å². The van der Waals surface area contributed by atoms with Crippen LogP contribution in [0, 0.1) is 0 Å². The maximum atomic E-state index is 11.5. The zero-order chi connectivity index (χ0) is 11.5. The van der Waals surface area contributed by atoms with Crippen LogP contribution in [0.25, 0.3) is 0 Å². The summed E-state index contributed by atoms with van der Waals surface area (Å²) in [6.45, 7) is 0. The summed E-state index contributed by atoms with van der Waals surface area (Å²) in [5, 5.41) is 0. The number of halogens is 1. The van der Waals surface area contributed by atoms with E-state index in [1.807, 2.05) is 4.89 Å². The molecule has 0 saturated carbocycles. The molecule has 0 aromatic heterocycles. The highest BCUT2D eigenvalue weighted by Gasteiger charge is 2.15. The maximum Gasteiger partial charge on any atom is 0.262 e. The number of ether oxygens (including phenoxy) is 1. The topological polar surface area (TPSA) is 64.6 Å². The molecule has 0 bridgehead atoms. The fourth-order valence-corrected chi connectivity index (χ4v) is 2.50. The van der Waals surface area contributed by atoms with E-state index in [0.29, 0.717) is 10.2 Å². The molecule has 0 saturated heterocycles. The van der Waals surface area contributed by atoms with Crippen molar-refractivity contribution in [2.45, 2.75) is 4.90 Å². The van der Waals surface area contributed by atoms with Gasteiger partial charge in [-0.25, -0.2) is 8.42 Å². The van der Waals surface area contributed by atoms with Gasteiger partial charge in [0.1, 0.15) is 5.75 Å². The number of methoxy groups -OCH3 is 1. The van der Waals surface area contributed by atoms with Crippen molar-refractivity contribution in [3.63, 3.8) is 0 Å². The Kier molecular flexibility index (Phi) is 4.09. The molecule has 7 heteroatoms.